The number of piperazine rings is 1. The Morgan fingerprint density at radius 3 is 2.22 bits per heavy atom. The highest BCUT2D eigenvalue weighted by molar-refractivity contribution is 5.97. The van der Waals surface area contributed by atoms with Crippen LogP contribution in [-0.2, 0) is 16.0 Å². The molecule has 0 unspecified atom stereocenters. The summed E-state index contributed by atoms with van der Waals surface area (Å²) in [4.78, 5) is 38.7. The Morgan fingerprint density at radius 2 is 1.67 bits per heavy atom. The topological polar surface area (TPSA) is 69.6 Å². The minimum Gasteiger partial charge on any atom is -0.338 e. The van der Waals surface area contributed by atoms with Gasteiger partial charge in [-0.1, -0.05) is 19.1 Å². The van der Waals surface area contributed by atoms with E-state index in [2.05, 4.69) is 21.8 Å². The minimum absolute atomic E-state index is 0.0431. The van der Waals surface area contributed by atoms with E-state index < -0.39 is 0 Å². The molecule has 0 N–H and O–H groups in total. The standard InChI is InChI=1S/C20H25N5O2/c1-3-17-5-7-18(8-6-17)25(16(2)26)15-19(27)23-11-13-24(14-12-23)20-21-9-4-10-22-20/h4-10H,3,11-15H2,1-2H3. The quantitative estimate of drug-likeness (QED) is 0.805. The Kier molecular flexibility index (Phi) is 6.01. The third-order valence-corrected chi connectivity index (χ3v) is 4.80. The zero-order valence-corrected chi connectivity index (χ0v) is 15.8. The van der Waals surface area contributed by atoms with Gasteiger partial charge in [-0.25, -0.2) is 9.97 Å². The number of anilines is 2. The van der Waals surface area contributed by atoms with Crippen LogP contribution in [0.4, 0.5) is 11.6 Å². The summed E-state index contributed by atoms with van der Waals surface area (Å²) in [5, 5.41) is 0. The first-order chi connectivity index (χ1) is 13.1. The Bertz CT molecular complexity index is 771. The van der Waals surface area contributed by atoms with Gasteiger partial charge in [0.2, 0.25) is 17.8 Å². The number of amides is 2. The first-order valence-corrected chi connectivity index (χ1v) is 9.25. The normalized spacial score (nSPS) is 14.1. The summed E-state index contributed by atoms with van der Waals surface area (Å²) in [6.07, 6.45) is 4.37. The van der Waals surface area contributed by atoms with Crippen LogP contribution in [0, 0.1) is 0 Å². The van der Waals surface area contributed by atoms with E-state index in [-0.39, 0.29) is 18.4 Å². The first-order valence-electron chi connectivity index (χ1n) is 9.25. The van der Waals surface area contributed by atoms with Crippen molar-refractivity contribution in [1.82, 2.24) is 14.9 Å². The van der Waals surface area contributed by atoms with Crippen LogP contribution in [0.25, 0.3) is 0 Å². The molecule has 0 radical (unpaired) electrons. The monoisotopic (exact) mass is 367 g/mol. The number of benzene rings is 1. The molecular formula is C20H25N5O2. The third-order valence-electron chi connectivity index (χ3n) is 4.80. The zero-order chi connectivity index (χ0) is 19.2. The molecule has 0 aliphatic carbocycles. The van der Waals surface area contributed by atoms with Crippen LogP contribution in [0.1, 0.15) is 19.4 Å². The molecule has 0 bridgehead atoms. The van der Waals surface area contributed by atoms with Crippen LogP contribution in [0.15, 0.2) is 42.7 Å². The first kappa shape index (κ1) is 18.8. The molecule has 2 heterocycles. The fourth-order valence-corrected chi connectivity index (χ4v) is 3.14. The summed E-state index contributed by atoms with van der Waals surface area (Å²) in [6, 6.07) is 9.58. The summed E-state index contributed by atoms with van der Waals surface area (Å²) in [6.45, 7) is 6.19. The van der Waals surface area contributed by atoms with Crippen molar-refractivity contribution in [2.45, 2.75) is 20.3 Å². The fourth-order valence-electron chi connectivity index (χ4n) is 3.14. The molecule has 0 atom stereocenters. The molecule has 7 nitrogen and oxygen atoms in total. The summed E-state index contributed by atoms with van der Waals surface area (Å²) in [5.41, 5.74) is 1.96. The van der Waals surface area contributed by atoms with Crippen molar-refractivity contribution >= 4 is 23.5 Å². The van der Waals surface area contributed by atoms with Crippen molar-refractivity contribution in [3.05, 3.63) is 48.3 Å². The summed E-state index contributed by atoms with van der Waals surface area (Å²) >= 11 is 0. The van der Waals surface area contributed by atoms with E-state index in [1.54, 1.807) is 23.4 Å². The van der Waals surface area contributed by atoms with Crippen molar-refractivity contribution in [3.63, 3.8) is 0 Å². The number of hydrogen-bond donors (Lipinski definition) is 0. The molecule has 3 rings (SSSR count). The van der Waals surface area contributed by atoms with Crippen molar-refractivity contribution < 1.29 is 9.59 Å². The highest BCUT2D eigenvalue weighted by atomic mass is 16.2. The smallest absolute Gasteiger partial charge is 0.242 e. The lowest BCUT2D eigenvalue weighted by atomic mass is 10.1. The van der Waals surface area contributed by atoms with Crippen LogP contribution in [0.5, 0.6) is 0 Å². The number of rotatable bonds is 5. The van der Waals surface area contributed by atoms with Crippen LogP contribution in [0.3, 0.4) is 0 Å². The molecule has 1 fully saturated rings. The van der Waals surface area contributed by atoms with Crippen LogP contribution in [0.2, 0.25) is 0 Å². The zero-order valence-electron chi connectivity index (χ0n) is 15.8. The van der Waals surface area contributed by atoms with Crippen molar-refractivity contribution in [3.8, 4) is 0 Å². The second kappa shape index (κ2) is 8.62. The van der Waals surface area contributed by atoms with E-state index in [4.69, 9.17) is 0 Å². The number of aromatic nitrogens is 2. The molecular weight excluding hydrogens is 342 g/mol. The van der Waals surface area contributed by atoms with Gasteiger partial charge in [-0.05, 0) is 30.2 Å². The SMILES string of the molecule is CCc1ccc(N(CC(=O)N2CCN(c3ncccn3)CC2)C(C)=O)cc1. The Balaban J connectivity index is 1.60. The Morgan fingerprint density at radius 1 is 1.04 bits per heavy atom. The highest BCUT2D eigenvalue weighted by Crippen LogP contribution is 2.17. The molecule has 0 saturated carbocycles. The van der Waals surface area contributed by atoms with Gasteiger partial charge in [-0.3, -0.25) is 9.59 Å². The lowest BCUT2D eigenvalue weighted by Crippen LogP contribution is -2.52. The third kappa shape index (κ3) is 4.61. The van der Waals surface area contributed by atoms with Gasteiger partial charge in [0.1, 0.15) is 6.54 Å². The van der Waals surface area contributed by atoms with Gasteiger partial charge in [-0.15, -0.1) is 0 Å². The minimum atomic E-state index is -0.135. The van der Waals surface area contributed by atoms with Gasteiger partial charge in [0.25, 0.3) is 0 Å². The number of carbonyl (C=O) groups excluding carboxylic acids is 2. The second-order valence-corrected chi connectivity index (χ2v) is 6.54. The number of carbonyl (C=O) groups is 2. The van der Waals surface area contributed by atoms with Gasteiger partial charge in [0.15, 0.2) is 0 Å². The molecule has 7 heteroatoms. The van der Waals surface area contributed by atoms with E-state index in [0.717, 1.165) is 12.1 Å². The molecule has 2 aromatic rings. The highest BCUT2D eigenvalue weighted by Gasteiger charge is 2.25. The van der Waals surface area contributed by atoms with E-state index in [0.29, 0.717) is 32.1 Å². The molecule has 142 valence electrons. The lowest BCUT2D eigenvalue weighted by molar-refractivity contribution is -0.131. The van der Waals surface area contributed by atoms with Gasteiger partial charge < -0.3 is 14.7 Å². The van der Waals surface area contributed by atoms with Gasteiger partial charge in [0, 0.05) is 51.2 Å². The van der Waals surface area contributed by atoms with Gasteiger partial charge in [0.05, 0.1) is 0 Å². The molecule has 1 aromatic heterocycles. The average Bonchev–Trinajstić information content (AvgIpc) is 2.72. The maximum absolute atomic E-state index is 12.7. The molecule has 2 amide bonds. The molecule has 1 aliphatic heterocycles. The lowest BCUT2D eigenvalue weighted by Gasteiger charge is -2.35. The van der Waals surface area contributed by atoms with Gasteiger partial charge in [-0.2, -0.15) is 0 Å². The van der Waals surface area contributed by atoms with Crippen LogP contribution < -0.4 is 9.80 Å². The molecule has 27 heavy (non-hydrogen) atoms. The number of hydrogen-bond acceptors (Lipinski definition) is 5. The van der Waals surface area contributed by atoms with Crippen molar-refractivity contribution in [1.29, 1.82) is 0 Å². The second-order valence-electron chi connectivity index (χ2n) is 6.54. The summed E-state index contributed by atoms with van der Waals surface area (Å²) < 4.78 is 0. The summed E-state index contributed by atoms with van der Waals surface area (Å²) in [5.74, 6) is 0.508. The molecule has 1 aromatic carbocycles. The summed E-state index contributed by atoms with van der Waals surface area (Å²) in [7, 11) is 0. The maximum atomic E-state index is 12.7. The number of nitrogens with zero attached hydrogens (tertiary/aromatic N) is 5. The van der Waals surface area contributed by atoms with Crippen LogP contribution in [-0.4, -0.2) is 59.4 Å². The van der Waals surface area contributed by atoms with Crippen molar-refractivity contribution in [2.75, 3.05) is 42.5 Å². The predicted octanol–water partition coefficient (Wildman–Crippen LogP) is 1.74. The largest absolute Gasteiger partial charge is 0.338 e. The van der Waals surface area contributed by atoms with Crippen LogP contribution >= 0.6 is 0 Å². The molecule has 0 spiro atoms. The van der Waals surface area contributed by atoms with Crippen molar-refractivity contribution in [2.24, 2.45) is 0 Å². The molecule has 1 aliphatic rings. The predicted molar refractivity (Wildman–Crippen MR) is 105 cm³/mol. The van der Waals surface area contributed by atoms with E-state index >= 15 is 0 Å². The van der Waals surface area contributed by atoms with E-state index in [1.807, 2.05) is 24.3 Å². The average molecular weight is 367 g/mol. The number of aryl methyl sites for hydroxylation is 1. The Hall–Kier alpha value is -2.96. The van der Waals surface area contributed by atoms with Gasteiger partial charge >= 0.3 is 0 Å². The fraction of sp³-hybridized carbons (Fsp3) is 0.400. The maximum Gasteiger partial charge on any atom is 0.242 e. The van der Waals surface area contributed by atoms with E-state index in [1.165, 1.54) is 17.4 Å². The molecule has 1 saturated heterocycles. The van der Waals surface area contributed by atoms with E-state index in [9.17, 15) is 9.59 Å². The Labute approximate surface area is 159 Å².